The van der Waals surface area contributed by atoms with Crippen LogP contribution in [0.3, 0.4) is 0 Å². The molecule has 4 amide bonds. The molecular weight excluding hydrogens is 816 g/mol. The summed E-state index contributed by atoms with van der Waals surface area (Å²) >= 11 is 0. The molecule has 3 aromatic carbocycles. The second kappa shape index (κ2) is 17.1. The summed E-state index contributed by atoms with van der Waals surface area (Å²) < 4.78 is 72.1. The topological polar surface area (TPSA) is 195 Å². The molecule has 1 aromatic heterocycles. The Kier molecular flexibility index (Phi) is 12.1. The maximum absolute atomic E-state index is 15.6. The third-order valence-corrected chi connectivity index (χ3v) is 13.1. The molecule has 0 saturated carbocycles. The summed E-state index contributed by atoms with van der Waals surface area (Å²) in [6.45, 7) is 8.77. The molecule has 5 N–H and O–H groups in total. The van der Waals surface area contributed by atoms with Gasteiger partial charge in [0, 0.05) is 47.4 Å². The first kappa shape index (κ1) is 43.0. The Morgan fingerprint density at radius 1 is 0.836 bits per heavy atom. The van der Waals surface area contributed by atoms with E-state index in [9.17, 15) is 32.0 Å². The number of anilines is 6. The number of fused-ring (bicyclic) bond motifs is 1. The highest BCUT2D eigenvalue weighted by Gasteiger charge is 2.44. The van der Waals surface area contributed by atoms with Crippen LogP contribution >= 0.6 is 0 Å². The second-order valence-corrected chi connectivity index (χ2v) is 18.8. The van der Waals surface area contributed by atoms with Gasteiger partial charge in [0.25, 0.3) is 11.8 Å². The quantitative estimate of drug-likeness (QED) is 0.0744. The maximum atomic E-state index is 15.6. The second-order valence-electron chi connectivity index (χ2n) is 16.3. The van der Waals surface area contributed by atoms with E-state index in [1.807, 2.05) is 0 Å². The number of likely N-dealkylation sites (tertiary alicyclic amines) is 1. The Hall–Kier alpha value is -6.08. The normalized spacial score (nSPS) is 17.6. The smallest absolute Gasteiger partial charge is 0.262 e. The van der Waals surface area contributed by atoms with Gasteiger partial charge in [-0.3, -0.25) is 34.1 Å². The van der Waals surface area contributed by atoms with Crippen LogP contribution in [-0.2, 0) is 19.6 Å². The third-order valence-electron chi connectivity index (χ3n) is 11.0. The molecule has 0 spiro atoms. The molecule has 0 radical (unpaired) electrons. The average molecular weight is 862 g/mol. The van der Waals surface area contributed by atoms with Crippen molar-refractivity contribution in [1.82, 2.24) is 25.1 Å². The Morgan fingerprint density at radius 2 is 1.52 bits per heavy atom. The molecule has 0 bridgehead atoms. The zero-order valence-electron chi connectivity index (χ0n) is 34.0. The van der Waals surface area contributed by atoms with Crippen LogP contribution in [0.5, 0.6) is 0 Å². The minimum atomic E-state index is -3.90. The van der Waals surface area contributed by atoms with Gasteiger partial charge < -0.3 is 20.9 Å². The molecule has 2 fully saturated rings. The number of carbonyl (C=O) groups is 4. The van der Waals surface area contributed by atoms with Gasteiger partial charge in [-0.15, -0.1) is 0 Å². The monoisotopic (exact) mass is 861 g/mol. The molecule has 4 aromatic rings. The van der Waals surface area contributed by atoms with Crippen molar-refractivity contribution in [2.75, 3.05) is 46.9 Å². The van der Waals surface area contributed by atoms with Crippen molar-refractivity contribution in [2.45, 2.75) is 76.5 Å². The Labute approximate surface area is 350 Å². The first-order valence-corrected chi connectivity index (χ1v) is 21.4. The molecule has 4 heterocycles. The van der Waals surface area contributed by atoms with Crippen molar-refractivity contribution >= 4 is 68.2 Å². The fourth-order valence-electron chi connectivity index (χ4n) is 7.48. The number of benzene rings is 3. The number of aromatic nitrogens is 2. The first-order chi connectivity index (χ1) is 28.9. The van der Waals surface area contributed by atoms with Crippen molar-refractivity contribution in [3.05, 3.63) is 94.4 Å². The van der Waals surface area contributed by atoms with E-state index in [0.29, 0.717) is 55.2 Å². The average Bonchev–Trinajstić information content (AvgIpc) is 3.43. The number of hydrogen-bond donors (Lipinski definition) is 5. The minimum Gasteiger partial charge on any atom is -0.385 e. The van der Waals surface area contributed by atoms with Crippen LogP contribution in [-0.4, -0.2) is 88.8 Å². The van der Waals surface area contributed by atoms with Gasteiger partial charge in [-0.05, 0) is 127 Å². The van der Waals surface area contributed by atoms with Crippen LogP contribution in [0.25, 0.3) is 0 Å². The summed E-state index contributed by atoms with van der Waals surface area (Å²) in [5.74, 6) is -4.38. The van der Waals surface area contributed by atoms with Crippen LogP contribution in [0.2, 0.25) is 0 Å². The van der Waals surface area contributed by atoms with Crippen LogP contribution in [0.1, 0.15) is 90.6 Å². The van der Waals surface area contributed by atoms with E-state index in [1.165, 1.54) is 51.2 Å². The van der Waals surface area contributed by atoms with Gasteiger partial charge >= 0.3 is 0 Å². The first-order valence-electron chi connectivity index (χ1n) is 19.9. The zero-order chi connectivity index (χ0) is 43.8. The molecule has 19 heteroatoms. The summed E-state index contributed by atoms with van der Waals surface area (Å²) in [5, 5.41) is 11.3. The van der Waals surface area contributed by atoms with Crippen LogP contribution in [0.15, 0.2) is 54.7 Å². The van der Waals surface area contributed by atoms with Crippen molar-refractivity contribution < 1.29 is 40.8 Å². The number of aryl methyl sites for hydroxylation is 1. The fraction of sp³-hybridized carbons (Fsp3) is 0.381. The lowest BCUT2D eigenvalue weighted by molar-refractivity contribution is -0.136. The third kappa shape index (κ3) is 9.31. The van der Waals surface area contributed by atoms with Gasteiger partial charge in [0.2, 0.25) is 27.8 Å². The van der Waals surface area contributed by atoms with Crippen molar-refractivity contribution in [3.63, 3.8) is 0 Å². The van der Waals surface area contributed by atoms with E-state index in [2.05, 4.69) is 40.9 Å². The molecule has 3 aliphatic rings. The lowest BCUT2D eigenvalue weighted by Crippen LogP contribution is -2.54. The summed E-state index contributed by atoms with van der Waals surface area (Å²) in [6.07, 6.45) is 3.46. The van der Waals surface area contributed by atoms with E-state index in [4.69, 9.17) is 0 Å². The number of hydrogen-bond acceptors (Lipinski definition) is 12. The molecular formula is C42H46F3N9O6S. The molecule has 7 rings (SSSR count). The summed E-state index contributed by atoms with van der Waals surface area (Å²) in [6, 6.07) is 10.1. The number of nitrogens with zero attached hydrogens (tertiary/aromatic N) is 4. The van der Waals surface area contributed by atoms with Crippen LogP contribution in [0, 0.1) is 24.4 Å². The molecule has 15 nitrogen and oxygen atoms in total. The van der Waals surface area contributed by atoms with Gasteiger partial charge in [0.1, 0.15) is 29.3 Å². The summed E-state index contributed by atoms with van der Waals surface area (Å²) in [5.41, 5.74) is 1.85. The Balaban J connectivity index is 0.900. The highest BCUT2D eigenvalue weighted by atomic mass is 32.2. The number of halogens is 3. The lowest BCUT2D eigenvalue weighted by Gasteiger charge is -2.32. The fourth-order valence-corrected chi connectivity index (χ4v) is 8.23. The maximum Gasteiger partial charge on any atom is 0.262 e. The Morgan fingerprint density at radius 3 is 2.21 bits per heavy atom. The van der Waals surface area contributed by atoms with E-state index < -0.39 is 61.9 Å². The van der Waals surface area contributed by atoms with Crippen molar-refractivity contribution in [2.24, 2.45) is 0 Å². The largest absolute Gasteiger partial charge is 0.385 e. The number of rotatable bonds is 13. The van der Waals surface area contributed by atoms with Gasteiger partial charge in [0.05, 0.1) is 21.6 Å². The van der Waals surface area contributed by atoms with E-state index >= 15 is 8.78 Å². The van der Waals surface area contributed by atoms with Crippen molar-refractivity contribution in [3.8, 4) is 0 Å². The van der Waals surface area contributed by atoms with E-state index in [0.717, 1.165) is 23.9 Å². The van der Waals surface area contributed by atoms with Crippen LogP contribution in [0.4, 0.5) is 47.7 Å². The highest BCUT2D eigenvalue weighted by Crippen LogP contribution is 2.35. The molecule has 3 aliphatic heterocycles. The van der Waals surface area contributed by atoms with E-state index in [1.54, 1.807) is 25.1 Å². The van der Waals surface area contributed by atoms with Gasteiger partial charge in [-0.1, -0.05) is 0 Å². The molecule has 0 aliphatic carbocycles. The molecule has 1 unspecified atom stereocenters. The SMILES string of the molecule is Cc1cnc(Nc2cc(F)c(C3CCN(CCCNc4ccc5c(c4)C(=O)N(C4CCC(=O)NC4=O)C5=O)CC3)c(F)c2)nc1Nc1ccc(F)c(NS(=O)(=O)C(C)(C)C)c1. The van der Waals surface area contributed by atoms with Gasteiger partial charge in [-0.2, -0.15) is 4.98 Å². The predicted molar refractivity (Wildman–Crippen MR) is 223 cm³/mol. The molecule has 1 atom stereocenters. The minimum absolute atomic E-state index is 0.0223. The molecule has 2 saturated heterocycles. The van der Waals surface area contributed by atoms with E-state index in [-0.39, 0.29) is 52.8 Å². The number of carbonyl (C=O) groups excluding carboxylic acids is 4. The molecule has 61 heavy (non-hydrogen) atoms. The Bertz CT molecular complexity index is 2500. The highest BCUT2D eigenvalue weighted by molar-refractivity contribution is 7.94. The predicted octanol–water partition coefficient (Wildman–Crippen LogP) is 6.31. The summed E-state index contributed by atoms with van der Waals surface area (Å²) in [4.78, 5) is 61.9. The number of piperidine rings is 2. The van der Waals surface area contributed by atoms with Gasteiger partial charge in [0.15, 0.2) is 0 Å². The van der Waals surface area contributed by atoms with Gasteiger partial charge in [-0.25, -0.2) is 26.6 Å². The van der Waals surface area contributed by atoms with Crippen LogP contribution < -0.4 is 26.0 Å². The van der Waals surface area contributed by atoms with Crippen molar-refractivity contribution in [1.29, 1.82) is 0 Å². The number of amides is 4. The lowest BCUT2D eigenvalue weighted by atomic mass is 9.88. The standard InChI is InChI=1S/C42H46F3N9O6S/c1-23-22-47-41(51-37(23)48-26-7-9-30(43)33(21-26)52-61(59,60)42(2,3)4)49-27-19-31(44)36(32(45)20-27)24-12-16-53(17-13-24)15-5-14-46-25-6-8-28-29(18-25)40(58)54(39(28)57)34-10-11-35(55)50-38(34)56/h6-9,18-22,24,34,46,52H,5,10-17H2,1-4H3,(H,50,55,56)(H2,47,48,49,51). The number of sulfonamides is 1. The zero-order valence-corrected chi connectivity index (χ0v) is 34.8. The number of imide groups is 2. The summed E-state index contributed by atoms with van der Waals surface area (Å²) in [7, 11) is -3.90. The molecule has 322 valence electrons. The number of nitrogens with one attached hydrogen (secondary N) is 5.